The summed E-state index contributed by atoms with van der Waals surface area (Å²) in [7, 11) is -3.42. The van der Waals surface area contributed by atoms with E-state index in [-0.39, 0.29) is 12.5 Å². The molecule has 0 bridgehead atoms. The zero-order chi connectivity index (χ0) is 13.8. The summed E-state index contributed by atoms with van der Waals surface area (Å²) in [5, 5.41) is 0.653. The Labute approximate surface area is 114 Å². The molecular formula is C13H19ClO3S. The van der Waals surface area contributed by atoms with Crippen LogP contribution in [0.2, 0.25) is 5.02 Å². The molecule has 0 saturated heterocycles. The van der Waals surface area contributed by atoms with Crippen molar-refractivity contribution in [2.75, 3.05) is 12.9 Å². The molecule has 1 unspecified atom stereocenters. The fourth-order valence-electron chi connectivity index (χ4n) is 1.87. The van der Waals surface area contributed by atoms with Gasteiger partial charge in [-0.1, -0.05) is 43.6 Å². The predicted molar refractivity (Wildman–Crippen MR) is 74.4 cm³/mol. The lowest BCUT2D eigenvalue weighted by atomic mass is 9.91. The van der Waals surface area contributed by atoms with E-state index < -0.39 is 10.1 Å². The van der Waals surface area contributed by atoms with Crippen molar-refractivity contribution in [2.45, 2.75) is 26.2 Å². The molecule has 0 aliphatic carbocycles. The lowest BCUT2D eigenvalue weighted by Gasteiger charge is -2.20. The van der Waals surface area contributed by atoms with Crippen molar-refractivity contribution in [1.29, 1.82) is 0 Å². The van der Waals surface area contributed by atoms with Gasteiger partial charge in [-0.05, 0) is 24.0 Å². The molecule has 0 radical (unpaired) electrons. The maximum absolute atomic E-state index is 11.1. The summed E-state index contributed by atoms with van der Waals surface area (Å²) in [4.78, 5) is 0. The number of benzene rings is 1. The van der Waals surface area contributed by atoms with Gasteiger partial charge in [-0.15, -0.1) is 0 Å². The summed E-state index contributed by atoms with van der Waals surface area (Å²) in [5.41, 5.74) is 0.941. The standard InChI is InChI=1S/C13H19ClO3S/c1-10(2)8-11(9-17-18(3,15)16)12-6-4-5-7-13(12)14/h4-7,10-11H,8-9H2,1-3H3. The Hall–Kier alpha value is -0.580. The van der Waals surface area contributed by atoms with E-state index in [9.17, 15) is 8.42 Å². The SMILES string of the molecule is CC(C)CC(COS(C)(=O)=O)c1ccccc1Cl. The Morgan fingerprint density at radius 3 is 2.39 bits per heavy atom. The highest BCUT2D eigenvalue weighted by Gasteiger charge is 2.18. The topological polar surface area (TPSA) is 43.4 Å². The molecule has 0 spiro atoms. The van der Waals surface area contributed by atoms with E-state index in [1.165, 1.54) is 0 Å². The van der Waals surface area contributed by atoms with Crippen molar-refractivity contribution in [1.82, 2.24) is 0 Å². The van der Waals surface area contributed by atoms with E-state index in [1.807, 2.05) is 24.3 Å². The van der Waals surface area contributed by atoms with Crippen LogP contribution < -0.4 is 0 Å². The second-order valence-corrected chi connectivity index (χ2v) is 6.89. The Kier molecular flexibility index (Phi) is 5.63. The lowest BCUT2D eigenvalue weighted by molar-refractivity contribution is 0.276. The molecule has 0 saturated carbocycles. The van der Waals surface area contributed by atoms with Crippen molar-refractivity contribution in [3.8, 4) is 0 Å². The summed E-state index contributed by atoms with van der Waals surface area (Å²) >= 11 is 6.15. The third-order valence-electron chi connectivity index (χ3n) is 2.58. The predicted octanol–water partition coefficient (Wildman–Crippen LogP) is 3.45. The first-order chi connectivity index (χ1) is 8.29. The number of hydrogen-bond donors (Lipinski definition) is 0. The van der Waals surface area contributed by atoms with Gasteiger partial charge in [0.05, 0.1) is 12.9 Å². The third-order valence-corrected chi connectivity index (χ3v) is 3.49. The Morgan fingerprint density at radius 1 is 1.28 bits per heavy atom. The third kappa shape index (κ3) is 5.38. The van der Waals surface area contributed by atoms with E-state index in [0.29, 0.717) is 10.9 Å². The minimum absolute atomic E-state index is 0.00609. The second-order valence-electron chi connectivity index (χ2n) is 4.84. The molecule has 1 aromatic carbocycles. The van der Waals surface area contributed by atoms with Crippen LogP contribution in [0.3, 0.4) is 0 Å². The van der Waals surface area contributed by atoms with Crippen LogP contribution in [0.4, 0.5) is 0 Å². The first-order valence-electron chi connectivity index (χ1n) is 5.88. The molecule has 1 atom stereocenters. The van der Waals surface area contributed by atoms with Gasteiger partial charge in [0.2, 0.25) is 0 Å². The average molecular weight is 291 g/mol. The van der Waals surface area contributed by atoms with Crippen LogP contribution in [0, 0.1) is 5.92 Å². The Balaban J connectivity index is 2.88. The summed E-state index contributed by atoms with van der Waals surface area (Å²) in [6.45, 7) is 4.31. The van der Waals surface area contributed by atoms with E-state index in [2.05, 4.69) is 13.8 Å². The van der Waals surface area contributed by atoms with Gasteiger partial charge in [0.25, 0.3) is 10.1 Å². The maximum Gasteiger partial charge on any atom is 0.264 e. The van der Waals surface area contributed by atoms with Gasteiger partial charge in [-0.3, -0.25) is 4.18 Å². The Bertz CT molecular complexity index is 483. The molecule has 0 N–H and O–H groups in total. The smallest absolute Gasteiger partial charge is 0.264 e. The molecule has 102 valence electrons. The van der Waals surface area contributed by atoms with E-state index in [0.717, 1.165) is 18.2 Å². The molecule has 0 aliphatic heterocycles. The molecule has 0 aliphatic rings. The van der Waals surface area contributed by atoms with Crippen molar-refractivity contribution in [2.24, 2.45) is 5.92 Å². The largest absolute Gasteiger partial charge is 0.270 e. The van der Waals surface area contributed by atoms with Crippen LogP contribution >= 0.6 is 11.6 Å². The summed E-state index contributed by atoms with van der Waals surface area (Å²) in [6.07, 6.45) is 1.89. The van der Waals surface area contributed by atoms with Crippen molar-refractivity contribution >= 4 is 21.7 Å². The van der Waals surface area contributed by atoms with Gasteiger partial charge in [-0.25, -0.2) is 0 Å². The van der Waals surface area contributed by atoms with Crippen molar-refractivity contribution in [3.63, 3.8) is 0 Å². The molecule has 5 heteroatoms. The minimum atomic E-state index is -3.42. The van der Waals surface area contributed by atoms with Gasteiger partial charge in [0.15, 0.2) is 0 Å². The van der Waals surface area contributed by atoms with E-state index >= 15 is 0 Å². The second kappa shape index (κ2) is 6.55. The van der Waals surface area contributed by atoms with Gasteiger partial charge in [-0.2, -0.15) is 8.42 Å². The van der Waals surface area contributed by atoms with E-state index in [1.54, 1.807) is 0 Å². The molecule has 0 amide bonds. The number of rotatable bonds is 6. The van der Waals surface area contributed by atoms with Crippen LogP contribution in [0.1, 0.15) is 31.7 Å². The van der Waals surface area contributed by atoms with Crippen LogP contribution in [-0.2, 0) is 14.3 Å². The first-order valence-corrected chi connectivity index (χ1v) is 8.08. The molecule has 0 heterocycles. The molecule has 3 nitrogen and oxygen atoms in total. The van der Waals surface area contributed by atoms with Crippen LogP contribution in [0.5, 0.6) is 0 Å². The van der Waals surface area contributed by atoms with Crippen LogP contribution in [-0.4, -0.2) is 21.3 Å². The summed E-state index contributed by atoms with van der Waals surface area (Å²) in [5.74, 6) is 0.433. The van der Waals surface area contributed by atoms with Gasteiger partial charge >= 0.3 is 0 Å². The molecule has 1 aromatic rings. The van der Waals surface area contributed by atoms with Crippen molar-refractivity contribution < 1.29 is 12.6 Å². The van der Waals surface area contributed by atoms with Gasteiger partial charge in [0.1, 0.15) is 0 Å². The lowest BCUT2D eigenvalue weighted by Crippen LogP contribution is -2.14. The molecule has 1 rings (SSSR count). The van der Waals surface area contributed by atoms with Crippen molar-refractivity contribution in [3.05, 3.63) is 34.9 Å². The normalized spacial score (nSPS) is 13.8. The summed E-state index contributed by atoms with van der Waals surface area (Å²) in [6, 6.07) is 7.48. The highest BCUT2D eigenvalue weighted by Crippen LogP contribution is 2.30. The van der Waals surface area contributed by atoms with Crippen LogP contribution in [0.25, 0.3) is 0 Å². The highest BCUT2D eigenvalue weighted by molar-refractivity contribution is 7.85. The molecule has 0 fully saturated rings. The van der Waals surface area contributed by atoms with E-state index in [4.69, 9.17) is 15.8 Å². The molecule has 18 heavy (non-hydrogen) atoms. The highest BCUT2D eigenvalue weighted by atomic mass is 35.5. The quantitative estimate of drug-likeness (QED) is 0.754. The maximum atomic E-state index is 11.1. The van der Waals surface area contributed by atoms with Gasteiger partial charge in [0, 0.05) is 10.9 Å². The van der Waals surface area contributed by atoms with Gasteiger partial charge < -0.3 is 0 Å². The monoisotopic (exact) mass is 290 g/mol. The molecule has 0 aromatic heterocycles. The number of halogens is 1. The number of hydrogen-bond acceptors (Lipinski definition) is 3. The zero-order valence-electron chi connectivity index (χ0n) is 10.9. The Morgan fingerprint density at radius 2 is 1.89 bits per heavy atom. The first kappa shape index (κ1) is 15.5. The fraction of sp³-hybridized carbons (Fsp3) is 0.538. The fourth-order valence-corrected chi connectivity index (χ4v) is 2.57. The average Bonchev–Trinajstić information content (AvgIpc) is 2.23. The zero-order valence-corrected chi connectivity index (χ0v) is 12.5. The van der Waals surface area contributed by atoms with Crippen LogP contribution in [0.15, 0.2) is 24.3 Å². The molecular weight excluding hydrogens is 272 g/mol. The summed E-state index contributed by atoms with van der Waals surface area (Å²) < 4.78 is 27.1. The minimum Gasteiger partial charge on any atom is -0.270 e.